The van der Waals surface area contributed by atoms with Gasteiger partial charge >= 0.3 is 0 Å². The molecule has 0 spiro atoms. The van der Waals surface area contributed by atoms with Gasteiger partial charge in [-0.05, 0) is 47.9 Å². The van der Waals surface area contributed by atoms with Crippen molar-refractivity contribution in [3.63, 3.8) is 0 Å². The quantitative estimate of drug-likeness (QED) is 0.754. The Morgan fingerprint density at radius 3 is 2.48 bits per heavy atom. The molecule has 7 nitrogen and oxygen atoms in total. The highest BCUT2D eigenvalue weighted by atomic mass is 19.1. The van der Waals surface area contributed by atoms with E-state index in [1.54, 1.807) is 19.1 Å². The number of halogens is 1. The third-order valence-electron chi connectivity index (χ3n) is 4.62. The lowest BCUT2D eigenvalue weighted by Crippen LogP contribution is -2.50. The van der Waals surface area contributed by atoms with Crippen molar-refractivity contribution in [1.29, 1.82) is 0 Å². The van der Waals surface area contributed by atoms with Crippen LogP contribution in [-0.4, -0.2) is 38.2 Å². The van der Waals surface area contributed by atoms with Gasteiger partial charge in [0.15, 0.2) is 0 Å². The molecule has 1 unspecified atom stereocenters. The first-order valence-corrected chi connectivity index (χ1v) is 8.44. The van der Waals surface area contributed by atoms with E-state index in [4.69, 9.17) is 5.73 Å². The number of carbonyl (C=O) groups excluding carboxylic acids is 1. The van der Waals surface area contributed by atoms with Crippen molar-refractivity contribution in [2.24, 2.45) is 5.73 Å². The van der Waals surface area contributed by atoms with E-state index in [0.29, 0.717) is 18.8 Å². The highest BCUT2D eigenvalue weighted by molar-refractivity contribution is 5.80. The van der Waals surface area contributed by atoms with E-state index in [2.05, 4.69) is 20.8 Å². The summed E-state index contributed by atoms with van der Waals surface area (Å²) in [6, 6.07) is 5.42. The van der Waals surface area contributed by atoms with Crippen LogP contribution in [0.5, 0.6) is 0 Å². The summed E-state index contributed by atoms with van der Waals surface area (Å²) in [6.07, 6.45) is 1.88. The molecule has 0 fully saturated rings. The topological polar surface area (TPSA) is 98.7 Å². The summed E-state index contributed by atoms with van der Waals surface area (Å²) in [7, 11) is 0. The molecule has 0 aliphatic rings. The van der Waals surface area contributed by atoms with Gasteiger partial charge in [-0.3, -0.25) is 4.79 Å². The van der Waals surface area contributed by atoms with Crippen LogP contribution in [0.25, 0.3) is 0 Å². The zero-order valence-electron chi connectivity index (χ0n) is 14.9. The molecule has 0 radical (unpaired) electrons. The lowest BCUT2D eigenvalue weighted by molar-refractivity contribution is -0.125. The number of tetrazole rings is 1. The predicted molar refractivity (Wildman–Crippen MR) is 92.2 cm³/mol. The molecule has 8 heteroatoms. The van der Waals surface area contributed by atoms with Crippen molar-refractivity contribution in [2.75, 3.05) is 6.54 Å². The Labute approximate surface area is 146 Å². The molecule has 1 aromatic carbocycles. The van der Waals surface area contributed by atoms with Gasteiger partial charge in [0.2, 0.25) is 5.91 Å². The fourth-order valence-electron chi connectivity index (χ4n) is 2.54. The first-order valence-electron chi connectivity index (χ1n) is 8.44. The van der Waals surface area contributed by atoms with Gasteiger partial charge in [0.05, 0.1) is 0 Å². The van der Waals surface area contributed by atoms with Crippen molar-refractivity contribution >= 4 is 5.91 Å². The zero-order chi connectivity index (χ0) is 18.4. The van der Waals surface area contributed by atoms with Gasteiger partial charge < -0.3 is 11.1 Å². The number of hydrogen-bond donors (Lipinski definition) is 2. The van der Waals surface area contributed by atoms with Crippen LogP contribution < -0.4 is 11.1 Å². The highest BCUT2D eigenvalue weighted by Gasteiger charge is 2.27. The number of benzene rings is 1. The molecule has 1 atom stereocenters. The summed E-state index contributed by atoms with van der Waals surface area (Å²) in [5, 5.41) is 14.3. The third kappa shape index (κ3) is 4.82. The lowest BCUT2D eigenvalue weighted by Gasteiger charge is -2.28. The molecular formula is C17H25FN6O. The summed E-state index contributed by atoms with van der Waals surface area (Å²) in [6.45, 7) is 6.10. The van der Waals surface area contributed by atoms with E-state index < -0.39 is 11.6 Å². The molecule has 0 saturated carbocycles. The molecule has 1 amide bonds. The van der Waals surface area contributed by atoms with Crippen LogP contribution >= 0.6 is 0 Å². The predicted octanol–water partition coefficient (Wildman–Crippen LogP) is 1.54. The second-order valence-electron chi connectivity index (χ2n) is 6.30. The second kappa shape index (κ2) is 8.15. The van der Waals surface area contributed by atoms with Crippen LogP contribution in [0.4, 0.5) is 4.39 Å². The Morgan fingerprint density at radius 1 is 1.32 bits per heavy atom. The molecule has 1 aromatic heterocycles. The molecule has 2 aromatic rings. The van der Waals surface area contributed by atoms with Gasteiger partial charge in [-0.1, -0.05) is 26.0 Å². The van der Waals surface area contributed by atoms with Crippen LogP contribution in [0.2, 0.25) is 0 Å². The molecule has 0 bridgehead atoms. The Bertz CT molecular complexity index is 695. The Morgan fingerprint density at radius 2 is 1.96 bits per heavy atom. The van der Waals surface area contributed by atoms with Crippen LogP contribution in [0.1, 0.15) is 44.1 Å². The average Bonchev–Trinajstić information content (AvgIpc) is 3.04. The number of nitrogens with two attached hydrogens (primary N) is 1. The fraction of sp³-hybridized carbons (Fsp3) is 0.529. The van der Waals surface area contributed by atoms with E-state index in [-0.39, 0.29) is 11.7 Å². The summed E-state index contributed by atoms with van der Waals surface area (Å²) in [5.74, 6) is 0.00543. The summed E-state index contributed by atoms with van der Waals surface area (Å²) >= 11 is 0. The normalized spacial score (nSPS) is 12.8. The Balaban J connectivity index is 2.18. The number of rotatable bonds is 8. The van der Waals surface area contributed by atoms with E-state index in [9.17, 15) is 9.18 Å². The standard InChI is InChI=1S/C17H25FN6O/c1-4-17(19,5-2)11-20-16(25)15(24-12(3)21-22-23-24)10-13-6-8-14(18)9-7-13/h6-9,15H,4-5,10-11,19H2,1-3H3,(H,20,25). The van der Waals surface area contributed by atoms with Crippen molar-refractivity contribution in [1.82, 2.24) is 25.5 Å². The van der Waals surface area contributed by atoms with Gasteiger partial charge in [-0.2, -0.15) is 0 Å². The van der Waals surface area contributed by atoms with Gasteiger partial charge in [0.25, 0.3) is 0 Å². The number of carbonyl (C=O) groups is 1. The minimum atomic E-state index is -0.626. The number of nitrogens with one attached hydrogen (secondary N) is 1. The van der Waals surface area contributed by atoms with Crippen molar-refractivity contribution in [3.05, 3.63) is 41.5 Å². The molecule has 0 saturated heterocycles. The fourth-order valence-corrected chi connectivity index (χ4v) is 2.54. The van der Waals surface area contributed by atoms with Gasteiger partial charge in [-0.15, -0.1) is 5.10 Å². The smallest absolute Gasteiger partial charge is 0.245 e. The minimum absolute atomic E-state index is 0.212. The number of nitrogens with zero attached hydrogens (tertiary/aromatic N) is 4. The van der Waals surface area contributed by atoms with Crippen LogP contribution in [-0.2, 0) is 11.2 Å². The summed E-state index contributed by atoms with van der Waals surface area (Å²) in [4.78, 5) is 12.8. The van der Waals surface area contributed by atoms with Crippen molar-refractivity contribution in [2.45, 2.75) is 51.6 Å². The molecule has 0 aliphatic carbocycles. The molecular weight excluding hydrogens is 323 g/mol. The van der Waals surface area contributed by atoms with Crippen LogP contribution in [0.3, 0.4) is 0 Å². The molecule has 3 N–H and O–H groups in total. The molecule has 0 aliphatic heterocycles. The van der Waals surface area contributed by atoms with E-state index in [1.165, 1.54) is 16.8 Å². The van der Waals surface area contributed by atoms with Gasteiger partial charge in [-0.25, -0.2) is 9.07 Å². The largest absolute Gasteiger partial charge is 0.352 e. The number of aromatic nitrogens is 4. The average molecular weight is 348 g/mol. The number of aryl methyl sites for hydroxylation is 1. The SMILES string of the molecule is CCC(N)(CC)CNC(=O)C(Cc1ccc(F)cc1)n1nnnc1C. The summed E-state index contributed by atoms with van der Waals surface area (Å²) < 4.78 is 14.6. The number of hydrogen-bond acceptors (Lipinski definition) is 5. The highest BCUT2D eigenvalue weighted by Crippen LogP contribution is 2.17. The first-order chi connectivity index (χ1) is 11.9. The van der Waals surface area contributed by atoms with Gasteiger partial charge in [0, 0.05) is 18.5 Å². The Hall–Kier alpha value is -2.35. The Kier molecular flexibility index (Phi) is 6.19. The minimum Gasteiger partial charge on any atom is -0.352 e. The molecule has 136 valence electrons. The number of amides is 1. The van der Waals surface area contributed by atoms with Crippen molar-refractivity contribution in [3.8, 4) is 0 Å². The van der Waals surface area contributed by atoms with Gasteiger partial charge in [0.1, 0.15) is 17.7 Å². The lowest BCUT2D eigenvalue weighted by atomic mass is 9.94. The maximum Gasteiger partial charge on any atom is 0.245 e. The maximum atomic E-state index is 13.1. The third-order valence-corrected chi connectivity index (χ3v) is 4.62. The molecule has 25 heavy (non-hydrogen) atoms. The van der Waals surface area contributed by atoms with Crippen LogP contribution in [0.15, 0.2) is 24.3 Å². The van der Waals surface area contributed by atoms with Crippen molar-refractivity contribution < 1.29 is 9.18 Å². The van der Waals surface area contributed by atoms with E-state index in [0.717, 1.165) is 18.4 Å². The first kappa shape index (κ1) is 19.0. The van der Waals surface area contributed by atoms with Crippen LogP contribution in [0, 0.1) is 12.7 Å². The van der Waals surface area contributed by atoms with E-state index in [1.807, 2.05) is 13.8 Å². The van der Waals surface area contributed by atoms with E-state index >= 15 is 0 Å². The monoisotopic (exact) mass is 348 g/mol. The molecule has 1 heterocycles. The maximum absolute atomic E-state index is 13.1. The zero-order valence-corrected chi connectivity index (χ0v) is 14.9. The summed E-state index contributed by atoms with van der Waals surface area (Å²) in [5.41, 5.74) is 6.64. The molecule has 2 rings (SSSR count). The second-order valence-corrected chi connectivity index (χ2v) is 6.30.